The Morgan fingerprint density at radius 3 is 2.58 bits per heavy atom. The Hall–Kier alpha value is -4.69. The summed E-state index contributed by atoms with van der Waals surface area (Å²) in [6, 6.07) is 12.2. The molecule has 4 aromatic rings. The quantitative estimate of drug-likeness (QED) is 0.269. The number of nitrogens with one attached hydrogen (secondary N) is 1. The van der Waals surface area contributed by atoms with Crippen molar-refractivity contribution in [3.05, 3.63) is 66.2 Å². The normalized spacial score (nSPS) is 18.3. The molecule has 11 heteroatoms. The van der Waals surface area contributed by atoms with Gasteiger partial charge in [-0.2, -0.15) is 10.4 Å². The molecule has 0 aliphatic carbocycles. The van der Waals surface area contributed by atoms with Crippen LogP contribution in [0.15, 0.2) is 55.1 Å². The fourth-order valence-electron chi connectivity index (χ4n) is 5.42. The first-order valence-corrected chi connectivity index (χ1v) is 13.1. The highest BCUT2D eigenvalue weighted by atomic mass is 16.5. The van der Waals surface area contributed by atoms with E-state index in [-0.39, 0.29) is 18.7 Å². The number of hydrogen-bond acceptors (Lipinski definition) is 9. The summed E-state index contributed by atoms with van der Waals surface area (Å²) in [4.78, 5) is 13.5. The van der Waals surface area contributed by atoms with Crippen molar-refractivity contribution < 1.29 is 14.6 Å². The molecule has 0 spiro atoms. The van der Waals surface area contributed by atoms with Gasteiger partial charge >= 0.3 is 0 Å². The number of fused-ring (bicyclic) bond motifs is 3. The van der Waals surface area contributed by atoms with E-state index >= 15 is 0 Å². The lowest BCUT2D eigenvalue weighted by atomic mass is 9.86. The number of pyridine rings is 3. The minimum Gasteiger partial charge on any atom is -0.489 e. The van der Waals surface area contributed by atoms with Gasteiger partial charge in [0.1, 0.15) is 30.1 Å². The van der Waals surface area contributed by atoms with Gasteiger partial charge in [0.05, 0.1) is 48.3 Å². The van der Waals surface area contributed by atoms with Gasteiger partial charge in [-0.1, -0.05) is 0 Å². The Bertz CT molecular complexity index is 1590. The number of aliphatic hydroxyl groups is 1. The molecular weight excluding hydrogens is 508 g/mol. The largest absolute Gasteiger partial charge is 0.489 e. The summed E-state index contributed by atoms with van der Waals surface area (Å²) >= 11 is 0. The molecule has 2 atom stereocenters. The van der Waals surface area contributed by atoms with E-state index in [2.05, 4.69) is 26.0 Å². The van der Waals surface area contributed by atoms with Crippen molar-refractivity contribution in [1.82, 2.24) is 24.5 Å². The van der Waals surface area contributed by atoms with E-state index in [4.69, 9.17) is 19.9 Å². The van der Waals surface area contributed by atoms with E-state index in [0.29, 0.717) is 28.5 Å². The van der Waals surface area contributed by atoms with Crippen LogP contribution in [0.5, 0.6) is 11.6 Å². The molecule has 2 unspecified atom stereocenters. The van der Waals surface area contributed by atoms with Gasteiger partial charge in [-0.3, -0.25) is 5.41 Å². The van der Waals surface area contributed by atoms with Crippen LogP contribution in [0.1, 0.15) is 31.4 Å². The van der Waals surface area contributed by atoms with E-state index in [0.717, 1.165) is 42.0 Å². The lowest BCUT2D eigenvalue weighted by Crippen LogP contribution is -2.70. The molecule has 40 heavy (non-hydrogen) atoms. The summed E-state index contributed by atoms with van der Waals surface area (Å²) in [6.45, 7) is 5.03. The zero-order valence-electron chi connectivity index (χ0n) is 22.6. The van der Waals surface area contributed by atoms with Crippen molar-refractivity contribution >= 4 is 17.2 Å². The summed E-state index contributed by atoms with van der Waals surface area (Å²) in [7, 11) is 1.58. The molecule has 3 aliphatic rings. The molecule has 7 rings (SSSR count). The molecule has 3 aliphatic heterocycles. The zero-order valence-corrected chi connectivity index (χ0v) is 22.6. The van der Waals surface area contributed by atoms with Gasteiger partial charge in [0.25, 0.3) is 0 Å². The van der Waals surface area contributed by atoms with Gasteiger partial charge in [0, 0.05) is 48.2 Å². The van der Waals surface area contributed by atoms with E-state index < -0.39 is 5.60 Å². The van der Waals surface area contributed by atoms with Gasteiger partial charge in [-0.05, 0) is 44.5 Å². The molecule has 0 radical (unpaired) electrons. The van der Waals surface area contributed by atoms with Gasteiger partial charge < -0.3 is 24.4 Å². The second kappa shape index (κ2) is 9.81. The molecule has 2 bridgehead atoms. The molecule has 3 fully saturated rings. The van der Waals surface area contributed by atoms with Gasteiger partial charge in [0.2, 0.25) is 5.88 Å². The zero-order chi connectivity index (χ0) is 28.0. The second-order valence-electron chi connectivity index (χ2n) is 10.9. The molecule has 204 valence electrons. The predicted molar refractivity (Wildman–Crippen MR) is 149 cm³/mol. The minimum atomic E-state index is -0.991. The van der Waals surface area contributed by atoms with Crippen molar-refractivity contribution in [3.63, 3.8) is 0 Å². The number of piperazine rings is 1. The third-order valence-electron chi connectivity index (χ3n) is 7.35. The Labute approximate surface area is 231 Å². The van der Waals surface area contributed by atoms with Crippen LogP contribution in [0.2, 0.25) is 0 Å². The Morgan fingerprint density at radius 2 is 1.95 bits per heavy atom. The van der Waals surface area contributed by atoms with Crippen LogP contribution in [0, 0.1) is 16.7 Å². The average molecular weight is 539 g/mol. The van der Waals surface area contributed by atoms with Crippen LogP contribution in [0.4, 0.5) is 5.82 Å². The third-order valence-corrected chi connectivity index (χ3v) is 7.35. The van der Waals surface area contributed by atoms with Crippen LogP contribution in [-0.4, -0.2) is 79.9 Å². The minimum absolute atomic E-state index is 0.113. The topological polar surface area (TPSA) is 136 Å². The molecule has 11 nitrogen and oxygen atoms in total. The number of methoxy groups -OCH3 is 1. The Kier molecular flexibility index (Phi) is 6.27. The number of rotatable bonds is 7. The highest BCUT2D eigenvalue weighted by molar-refractivity contribution is 5.97. The number of aromatic nitrogens is 4. The van der Waals surface area contributed by atoms with Crippen molar-refractivity contribution in [2.24, 2.45) is 0 Å². The number of nitrogens with zero attached hydrogens (tertiary/aromatic N) is 7. The first-order valence-electron chi connectivity index (χ1n) is 13.1. The van der Waals surface area contributed by atoms with Crippen LogP contribution in [0.25, 0.3) is 16.6 Å². The summed E-state index contributed by atoms with van der Waals surface area (Å²) in [5.41, 5.74) is 2.53. The molecule has 4 aromatic heterocycles. The predicted octanol–water partition coefficient (Wildman–Crippen LogP) is 3.11. The fraction of sp³-hybridized carbons (Fsp3) is 0.345. The van der Waals surface area contributed by atoms with Crippen molar-refractivity contribution in [2.75, 3.05) is 31.7 Å². The number of hydrogen-bond donors (Lipinski definition) is 2. The summed E-state index contributed by atoms with van der Waals surface area (Å²) in [6.07, 6.45) is 7.78. The number of amidine groups is 1. The second-order valence-corrected chi connectivity index (χ2v) is 10.9. The molecule has 0 saturated carbocycles. The summed E-state index contributed by atoms with van der Waals surface area (Å²) < 4.78 is 12.6. The molecule has 3 saturated heterocycles. The van der Waals surface area contributed by atoms with Crippen molar-refractivity contribution in [3.8, 4) is 28.8 Å². The van der Waals surface area contributed by atoms with E-state index in [1.165, 1.54) is 6.20 Å². The number of nitriles is 1. The van der Waals surface area contributed by atoms with Crippen LogP contribution < -0.4 is 14.4 Å². The van der Waals surface area contributed by atoms with E-state index in [1.807, 2.05) is 30.5 Å². The monoisotopic (exact) mass is 538 g/mol. The molecule has 7 heterocycles. The molecule has 0 amide bonds. The Morgan fingerprint density at radius 1 is 1.15 bits per heavy atom. The molecular formula is C29H30N8O3. The standard InChI is InChI=1S/C29H30N8O3/c1-29(2,38)17-40-23-9-24(27-20(10-30)13-34-36(27)16-23)18-4-6-25(32-11-18)35-14-21-8-22(15-35)37(21)28(31)19-5-7-26(39-3)33-12-19/h4-7,9,11-13,16,21-22,31,38H,8,14-15,17H2,1-3H3. The Balaban J connectivity index is 1.21. The molecule has 2 N–H and O–H groups in total. The smallest absolute Gasteiger partial charge is 0.212 e. The average Bonchev–Trinajstić information content (AvgIpc) is 3.38. The lowest BCUT2D eigenvalue weighted by Gasteiger charge is -2.57. The number of piperidine rings is 1. The van der Waals surface area contributed by atoms with Crippen molar-refractivity contribution in [1.29, 1.82) is 10.7 Å². The lowest BCUT2D eigenvalue weighted by molar-refractivity contribution is 0.0283. The maximum atomic E-state index is 10.1. The maximum Gasteiger partial charge on any atom is 0.212 e. The van der Waals surface area contributed by atoms with Crippen LogP contribution >= 0.6 is 0 Å². The summed E-state index contributed by atoms with van der Waals surface area (Å²) in [5.74, 6) is 2.43. The summed E-state index contributed by atoms with van der Waals surface area (Å²) in [5, 5.41) is 32.8. The fourth-order valence-corrected chi connectivity index (χ4v) is 5.42. The maximum absolute atomic E-state index is 10.1. The highest BCUT2D eigenvalue weighted by Gasteiger charge is 2.46. The highest BCUT2D eigenvalue weighted by Crippen LogP contribution is 2.36. The molecule has 0 aromatic carbocycles. The van der Waals surface area contributed by atoms with Gasteiger partial charge in [-0.25, -0.2) is 14.5 Å². The number of ether oxygens (including phenoxy) is 2. The SMILES string of the molecule is COc1ccc(C(=N)N2C3CC2CN(c2ccc(-c4cc(OCC(C)(C)O)cn5ncc(C#N)c45)cn2)C3)cn1. The van der Waals surface area contributed by atoms with Crippen LogP contribution in [0.3, 0.4) is 0 Å². The van der Waals surface area contributed by atoms with E-state index in [9.17, 15) is 10.4 Å². The van der Waals surface area contributed by atoms with Gasteiger partial charge in [-0.15, -0.1) is 0 Å². The van der Waals surface area contributed by atoms with E-state index in [1.54, 1.807) is 43.9 Å². The van der Waals surface area contributed by atoms with Crippen LogP contribution in [-0.2, 0) is 0 Å². The first-order chi connectivity index (χ1) is 19.2. The third kappa shape index (κ3) is 4.67. The number of anilines is 1. The van der Waals surface area contributed by atoms with Gasteiger partial charge in [0.15, 0.2) is 0 Å². The first kappa shape index (κ1) is 25.6. The van der Waals surface area contributed by atoms with Crippen molar-refractivity contribution in [2.45, 2.75) is 38.0 Å².